The van der Waals surface area contributed by atoms with Crippen molar-refractivity contribution in [2.45, 2.75) is 33.1 Å². The van der Waals surface area contributed by atoms with E-state index in [2.05, 4.69) is 0 Å². The zero-order valence-corrected chi connectivity index (χ0v) is 12.0. The van der Waals surface area contributed by atoms with Crippen molar-refractivity contribution in [3.05, 3.63) is 22.8 Å². The molecule has 0 spiro atoms. The van der Waals surface area contributed by atoms with Crippen LogP contribution in [0, 0.1) is 6.92 Å². The van der Waals surface area contributed by atoms with Gasteiger partial charge < -0.3 is 14.9 Å². The Labute approximate surface area is 122 Å². The SMILES string of the molecule is CC(=O)OCCCC(=O)Cc1cc(O)c(C)c(O)c1C=O. The summed E-state index contributed by atoms with van der Waals surface area (Å²) in [4.78, 5) is 33.4. The van der Waals surface area contributed by atoms with Crippen molar-refractivity contribution in [2.24, 2.45) is 0 Å². The monoisotopic (exact) mass is 294 g/mol. The lowest BCUT2D eigenvalue weighted by atomic mass is 9.97. The van der Waals surface area contributed by atoms with Crippen molar-refractivity contribution in [3.63, 3.8) is 0 Å². The molecule has 0 aliphatic heterocycles. The molecule has 0 amide bonds. The largest absolute Gasteiger partial charge is 0.508 e. The number of phenols is 2. The van der Waals surface area contributed by atoms with Crippen LogP contribution in [0.1, 0.15) is 41.3 Å². The third-order valence-corrected chi connectivity index (χ3v) is 3.06. The van der Waals surface area contributed by atoms with E-state index in [0.717, 1.165) is 0 Å². The number of carbonyl (C=O) groups is 3. The Kier molecular flexibility index (Phi) is 5.90. The number of rotatable bonds is 7. The summed E-state index contributed by atoms with van der Waals surface area (Å²) in [5.41, 5.74) is 0.491. The lowest BCUT2D eigenvalue weighted by Gasteiger charge is -2.10. The number of aromatic hydroxyl groups is 2. The summed E-state index contributed by atoms with van der Waals surface area (Å²) in [7, 11) is 0. The molecule has 0 fully saturated rings. The molecule has 6 heteroatoms. The molecule has 0 unspecified atom stereocenters. The molecule has 0 radical (unpaired) electrons. The highest BCUT2D eigenvalue weighted by molar-refractivity contribution is 5.88. The predicted molar refractivity (Wildman–Crippen MR) is 74.5 cm³/mol. The number of hydrogen-bond acceptors (Lipinski definition) is 6. The lowest BCUT2D eigenvalue weighted by molar-refractivity contribution is -0.141. The van der Waals surface area contributed by atoms with E-state index < -0.39 is 5.97 Å². The van der Waals surface area contributed by atoms with Gasteiger partial charge in [0.1, 0.15) is 17.3 Å². The normalized spacial score (nSPS) is 10.2. The second-order valence-corrected chi connectivity index (χ2v) is 4.72. The number of carbonyl (C=O) groups excluding carboxylic acids is 3. The fourth-order valence-corrected chi connectivity index (χ4v) is 1.89. The molecule has 1 aromatic carbocycles. The first-order chi connectivity index (χ1) is 9.86. The molecular formula is C15H18O6. The highest BCUT2D eigenvalue weighted by atomic mass is 16.5. The number of phenolic OH excluding ortho intramolecular Hbond substituents is 2. The molecule has 114 valence electrons. The van der Waals surface area contributed by atoms with Crippen molar-refractivity contribution in [3.8, 4) is 11.5 Å². The molecule has 0 aliphatic carbocycles. The summed E-state index contributed by atoms with van der Waals surface area (Å²) in [6.07, 6.45) is 0.957. The minimum Gasteiger partial charge on any atom is -0.508 e. The molecular weight excluding hydrogens is 276 g/mol. The van der Waals surface area contributed by atoms with Crippen LogP contribution in [0.15, 0.2) is 6.07 Å². The summed E-state index contributed by atoms with van der Waals surface area (Å²) in [5, 5.41) is 19.4. The van der Waals surface area contributed by atoms with Gasteiger partial charge in [-0.2, -0.15) is 0 Å². The van der Waals surface area contributed by atoms with Gasteiger partial charge in [-0.25, -0.2) is 0 Å². The topological polar surface area (TPSA) is 101 Å². The Morgan fingerprint density at radius 2 is 2.00 bits per heavy atom. The van der Waals surface area contributed by atoms with Crippen LogP contribution in [0.5, 0.6) is 11.5 Å². The summed E-state index contributed by atoms with van der Waals surface area (Å²) in [6, 6.07) is 1.31. The number of Topliss-reactive ketones (excluding diaryl/α,β-unsaturated/α-hetero) is 1. The Hall–Kier alpha value is -2.37. The quantitative estimate of drug-likeness (QED) is 0.450. The maximum absolute atomic E-state index is 11.8. The molecule has 0 heterocycles. The Bertz CT molecular complexity index is 562. The zero-order chi connectivity index (χ0) is 16.0. The van der Waals surface area contributed by atoms with Crippen LogP contribution in [0.2, 0.25) is 0 Å². The number of aldehydes is 1. The van der Waals surface area contributed by atoms with Gasteiger partial charge >= 0.3 is 5.97 Å². The zero-order valence-electron chi connectivity index (χ0n) is 12.0. The third-order valence-electron chi connectivity index (χ3n) is 3.06. The first-order valence-corrected chi connectivity index (χ1v) is 6.51. The fraction of sp³-hybridized carbons (Fsp3) is 0.400. The van der Waals surface area contributed by atoms with Crippen LogP contribution >= 0.6 is 0 Å². The van der Waals surface area contributed by atoms with Gasteiger partial charge in [-0.15, -0.1) is 0 Å². The molecule has 0 saturated carbocycles. The van der Waals surface area contributed by atoms with Gasteiger partial charge in [0.2, 0.25) is 0 Å². The van der Waals surface area contributed by atoms with Crippen LogP contribution in [-0.2, 0) is 20.7 Å². The maximum Gasteiger partial charge on any atom is 0.302 e. The minimum atomic E-state index is -0.404. The molecule has 1 rings (SSSR count). The molecule has 0 atom stereocenters. The van der Waals surface area contributed by atoms with Crippen LogP contribution in [0.3, 0.4) is 0 Å². The van der Waals surface area contributed by atoms with Crippen molar-refractivity contribution in [2.75, 3.05) is 6.61 Å². The number of esters is 1. The van der Waals surface area contributed by atoms with Crippen LogP contribution < -0.4 is 0 Å². The Morgan fingerprint density at radius 1 is 1.33 bits per heavy atom. The fourth-order valence-electron chi connectivity index (χ4n) is 1.89. The third kappa shape index (κ3) is 4.59. The van der Waals surface area contributed by atoms with Crippen LogP contribution in [0.4, 0.5) is 0 Å². The molecule has 1 aromatic rings. The number of ether oxygens (including phenoxy) is 1. The highest BCUT2D eigenvalue weighted by Gasteiger charge is 2.16. The second kappa shape index (κ2) is 7.42. The maximum atomic E-state index is 11.8. The van der Waals surface area contributed by atoms with Crippen molar-refractivity contribution in [1.82, 2.24) is 0 Å². The first kappa shape index (κ1) is 16.7. The predicted octanol–water partition coefficient (Wildman–Crippen LogP) is 1.67. The van der Waals surface area contributed by atoms with E-state index in [1.54, 1.807) is 0 Å². The van der Waals surface area contributed by atoms with Crippen molar-refractivity contribution >= 4 is 18.0 Å². The van der Waals surface area contributed by atoms with Gasteiger partial charge in [-0.1, -0.05) is 0 Å². The Morgan fingerprint density at radius 3 is 2.57 bits per heavy atom. The van der Waals surface area contributed by atoms with Crippen molar-refractivity contribution in [1.29, 1.82) is 0 Å². The van der Waals surface area contributed by atoms with Crippen LogP contribution in [-0.4, -0.2) is 34.9 Å². The second-order valence-electron chi connectivity index (χ2n) is 4.72. The summed E-state index contributed by atoms with van der Waals surface area (Å²) >= 11 is 0. The summed E-state index contributed by atoms with van der Waals surface area (Å²) in [6.45, 7) is 2.92. The smallest absolute Gasteiger partial charge is 0.302 e. The highest BCUT2D eigenvalue weighted by Crippen LogP contribution is 2.32. The molecule has 0 aromatic heterocycles. The lowest BCUT2D eigenvalue weighted by Crippen LogP contribution is -2.08. The van der Waals surface area contributed by atoms with E-state index in [1.165, 1.54) is 19.9 Å². The van der Waals surface area contributed by atoms with E-state index in [0.29, 0.717) is 12.7 Å². The number of ketones is 1. The number of benzene rings is 1. The van der Waals surface area contributed by atoms with E-state index in [-0.39, 0.29) is 53.4 Å². The van der Waals surface area contributed by atoms with Crippen LogP contribution in [0.25, 0.3) is 0 Å². The molecule has 6 nitrogen and oxygen atoms in total. The number of hydrogen-bond donors (Lipinski definition) is 2. The van der Waals surface area contributed by atoms with Gasteiger partial charge in [0.05, 0.1) is 12.2 Å². The molecule has 2 N–H and O–H groups in total. The molecule has 21 heavy (non-hydrogen) atoms. The van der Waals surface area contributed by atoms with Gasteiger partial charge in [0.25, 0.3) is 0 Å². The van der Waals surface area contributed by atoms with E-state index in [4.69, 9.17) is 4.74 Å². The van der Waals surface area contributed by atoms with Gasteiger partial charge in [-0.05, 0) is 25.0 Å². The van der Waals surface area contributed by atoms with Crippen molar-refractivity contribution < 1.29 is 29.3 Å². The molecule has 0 aliphatic rings. The Balaban J connectivity index is 2.72. The van der Waals surface area contributed by atoms with Gasteiger partial charge in [-0.3, -0.25) is 14.4 Å². The van der Waals surface area contributed by atoms with Gasteiger partial charge in [0, 0.05) is 25.3 Å². The molecule has 0 saturated heterocycles. The summed E-state index contributed by atoms with van der Waals surface area (Å²) in [5.74, 6) is -1.06. The van der Waals surface area contributed by atoms with Gasteiger partial charge in [0.15, 0.2) is 6.29 Å². The summed E-state index contributed by atoms with van der Waals surface area (Å²) < 4.78 is 4.71. The average Bonchev–Trinajstić information content (AvgIpc) is 2.41. The van der Waals surface area contributed by atoms with E-state index in [1.807, 2.05) is 0 Å². The average molecular weight is 294 g/mol. The standard InChI is InChI=1S/C15H18O6/c1-9-14(19)7-11(13(8-16)15(9)20)6-12(18)4-3-5-21-10(2)17/h7-8,19-20H,3-6H2,1-2H3. The van der Waals surface area contributed by atoms with E-state index >= 15 is 0 Å². The first-order valence-electron chi connectivity index (χ1n) is 6.51. The van der Waals surface area contributed by atoms with E-state index in [9.17, 15) is 24.6 Å². The molecule has 0 bridgehead atoms. The minimum absolute atomic E-state index is 0.0126.